The molecule has 0 spiro atoms. The maximum atomic E-state index is 5.77. The summed E-state index contributed by atoms with van der Waals surface area (Å²) in [6.45, 7) is 5.10. The van der Waals surface area contributed by atoms with Crippen molar-refractivity contribution < 1.29 is 4.74 Å². The van der Waals surface area contributed by atoms with Gasteiger partial charge >= 0.3 is 0 Å². The molecule has 1 aromatic rings. The van der Waals surface area contributed by atoms with Gasteiger partial charge < -0.3 is 4.74 Å². The lowest BCUT2D eigenvalue weighted by molar-refractivity contribution is 0.314. The molecule has 76 valence electrons. The third-order valence-electron chi connectivity index (χ3n) is 2.65. The molecule has 0 radical (unpaired) electrons. The zero-order chi connectivity index (χ0) is 9.97. The number of ether oxygens (including phenoxy) is 1. The van der Waals surface area contributed by atoms with E-state index < -0.39 is 0 Å². The molecule has 0 aliphatic heterocycles. The van der Waals surface area contributed by atoms with Gasteiger partial charge in [-0.1, -0.05) is 19.1 Å². The lowest BCUT2D eigenvalue weighted by Crippen LogP contribution is -1.98. The summed E-state index contributed by atoms with van der Waals surface area (Å²) in [5, 5.41) is 0. The molecule has 0 heterocycles. The van der Waals surface area contributed by atoms with Crippen LogP contribution in [-0.2, 0) is 0 Å². The minimum atomic E-state index is 0.780. The summed E-state index contributed by atoms with van der Waals surface area (Å²) in [7, 11) is 0. The summed E-state index contributed by atoms with van der Waals surface area (Å²) in [5.74, 6) is 1.90. The normalized spacial score (nSPS) is 15.6. The summed E-state index contributed by atoms with van der Waals surface area (Å²) >= 11 is 0. The van der Waals surface area contributed by atoms with Crippen LogP contribution in [0.1, 0.15) is 43.2 Å². The van der Waals surface area contributed by atoms with E-state index in [0.717, 1.165) is 24.7 Å². The summed E-state index contributed by atoms with van der Waals surface area (Å²) < 4.78 is 5.77. The van der Waals surface area contributed by atoms with Crippen LogP contribution in [0.2, 0.25) is 0 Å². The van der Waals surface area contributed by atoms with Gasteiger partial charge in [-0.2, -0.15) is 0 Å². The lowest BCUT2D eigenvalue weighted by atomic mass is 10.1. The Labute approximate surface area is 86.1 Å². The molecule has 14 heavy (non-hydrogen) atoms. The average Bonchev–Trinajstić information content (AvgIpc) is 2.98. The number of hydrogen-bond acceptors (Lipinski definition) is 1. The monoisotopic (exact) mass is 190 g/mol. The Balaban J connectivity index is 2.19. The molecule has 1 nitrogen and oxygen atoms in total. The highest BCUT2D eigenvalue weighted by molar-refractivity contribution is 5.41. The van der Waals surface area contributed by atoms with Crippen molar-refractivity contribution in [1.82, 2.24) is 0 Å². The van der Waals surface area contributed by atoms with Gasteiger partial charge in [-0.25, -0.2) is 0 Å². The van der Waals surface area contributed by atoms with Gasteiger partial charge in [-0.3, -0.25) is 0 Å². The van der Waals surface area contributed by atoms with Crippen molar-refractivity contribution in [2.45, 2.75) is 39.0 Å². The van der Waals surface area contributed by atoms with Crippen molar-refractivity contribution in [2.75, 3.05) is 6.61 Å². The van der Waals surface area contributed by atoms with E-state index in [1.807, 2.05) is 0 Å². The summed E-state index contributed by atoms with van der Waals surface area (Å²) in [5.41, 5.74) is 2.71. The van der Waals surface area contributed by atoms with Gasteiger partial charge in [0.2, 0.25) is 0 Å². The van der Waals surface area contributed by atoms with Crippen LogP contribution >= 0.6 is 0 Å². The van der Waals surface area contributed by atoms with E-state index >= 15 is 0 Å². The Kier molecular flexibility index (Phi) is 2.76. The fourth-order valence-corrected chi connectivity index (χ4v) is 1.71. The van der Waals surface area contributed by atoms with E-state index in [2.05, 4.69) is 32.0 Å². The molecule has 0 aromatic heterocycles. The summed E-state index contributed by atoms with van der Waals surface area (Å²) in [4.78, 5) is 0. The van der Waals surface area contributed by atoms with E-state index in [9.17, 15) is 0 Å². The number of benzene rings is 1. The molecule has 0 atom stereocenters. The van der Waals surface area contributed by atoms with Crippen LogP contribution in [0.5, 0.6) is 5.75 Å². The standard InChI is InChI=1S/C13H18O/c1-3-8-14-13-9-10(2)4-7-12(13)11-5-6-11/h4,7,9,11H,3,5-6,8H2,1-2H3. The third kappa shape index (κ3) is 2.09. The lowest BCUT2D eigenvalue weighted by Gasteiger charge is -2.10. The molecule has 1 heteroatoms. The molecule has 0 saturated heterocycles. The summed E-state index contributed by atoms with van der Waals surface area (Å²) in [6, 6.07) is 6.59. The van der Waals surface area contributed by atoms with Gasteiger partial charge in [0.25, 0.3) is 0 Å². The predicted molar refractivity (Wildman–Crippen MR) is 58.9 cm³/mol. The Morgan fingerprint density at radius 3 is 2.79 bits per heavy atom. The predicted octanol–water partition coefficient (Wildman–Crippen LogP) is 3.66. The Hall–Kier alpha value is -0.980. The molecule has 1 saturated carbocycles. The second kappa shape index (κ2) is 4.04. The molecule has 0 unspecified atom stereocenters. The molecule has 1 fully saturated rings. The number of aryl methyl sites for hydroxylation is 1. The highest BCUT2D eigenvalue weighted by atomic mass is 16.5. The van der Waals surface area contributed by atoms with Gasteiger partial charge in [0.05, 0.1) is 6.61 Å². The van der Waals surface area contributed by atoms with Crippen molar-refractivity contribution in [3.8, 4) is 5.75 Å². The van der Waals surface area contributed by atoms with E-state index in [1.165, 1.54) is 24.0 Å². The fraction of sp³-hybridized carbons (Fsp3) is 0.538. The molecule has 0 N–H and O–H groups in total. The molecular formula is C13H18O. The Morgan fingerprint density at radius 1 is 1.36 bits per heavy atom. The maximum Gasteiger partial charge on any atom is 0.123 e. The molecule has 1 aliphatic rings. The van der Waals surface area contributed by atoms with Crippen LogP contribution in [0.4, 0.5) is 0 Å². The van der Waals surface area contributed by atoms with Crippen molar-refractivity contribution in [3.05, 3.63) is 29.3 Å². The first-order valence-electron chi connectivity index (χ1n) is 5.54. The third-order valence-corrected chi connectivity index (χ3v) is 2.65. The SMILES string of the molecule is CCCOc1cc(C)ccc1C1CC1. The largest absolute Gasteiger partial charge is 0.493 e. The topological polar surface area (TPSA) is 9.23 Å². The minimum Gasteiger partial charge on any atom is -0.493 e. The first kappa shape index (κ1) is 9.57. The molecule has 2 rings (SSSR count). The highest BCUT2D eigenvalue weighted by Crippen LogP contribution is 2.44. The van der Waals surface area contributed by atoms with Crippen LogP contribution in [0, 0.1) is 6.92 Å². The zero-order valence-corrected chi connectivity index (χ0v) is 9.05. The van der Waals surface area contributed by atoms with E-state index in [-0.39, 0.29) is 0 Å². The minimum absolute atomic E-state index is 0.780. The molecule has 1 aromatic carbocycles. The van der Waals surface area contributed by atoms with E-state index in [4.69, 9.17) is 4.74 Å². The van der Waals surface area contributed by atoms with Crippen molar-refractivity contribution in [3.63, 3.8) is 0 Å². The van der Waals surface area contributed by atoms with E-state index in [1.54, 1.807) is 0 Å². The highest BCUT2D eigenvalue weighted by Gasteiger charge is 2.26. The molecule has 0 bridgehead atoms. The van der Waals surface area contributed by atoms with Crippen molar-refractivity contribution >= 4 is 0 Å². The second-order valence-corrected chi connectivity index (χ2v) is 4.16. The van der Waals surface area contributed by atoms with Gasteiger partial charge in [0, 0.05) is 0 Å². The van der Waals surface area contributed by atoms with Gasteiger partial charge in [-0.15, -0.1) is 0 Å². The first-order valence-corrected chi connectivity index (χ1v) is 5.54. The second-order valence-electron chi connectivity index (χ2n) is 4.16. The zero-order valence-electron chi connectivity index (χ0n) is 9.05. The van der Waals surface area contributed by atoms with Gasteiger partial charge in [0.15, 0.2) is 0 Å². The quantitative estimate of drug-likeness (QED) is 0.704. The first-order chi connectivity index (χ1) is 6.81. The van der Waals surface area contributed by atoms with Crippen LogP contribution in [0.15, 0.2) is 18.2 Å². The van der Waals surface area contributed by atoms with Crippen LogP contribution in [0.3, 0.4) is 0 Å². The van der Waals surface area contributed by atoms with Crippen LogP contribution in [0.25, 0.3) is 0 Å². The maximum absolute atomic E-state index is 5.77. The Morgan fingerprint density at radius 2 is 2.14 bits per heavy atom. The van der Waals surface area contributed by atoms with Crippen LogP contribution in [-0.4, -0.2) is 6.61 Å². The van der Waals surface area contributed by atoms with Gasteiger partial charge in [0.1, 0.15) is 5.75 Å². The number of hydrogen-bond donors (Lipinski definition) is 0. The fourth-order valence-electron chi connectivity index (χ4n) is 1.71. The molecule has 0 amide bonds. The van der Waals surface area contributed by atoms with Crippen LogP contribution < -0.4 is 4.74 Å². The van der Waals surface area contributed by atoms with Crippen molar-refractivity contribution in [1.29, 1.82) is 0 Å². The molecule has 1 aliphatic carbocycles. The molecular weight excluding hydrogens is 172 g/mol. The van der Waals surface area contributed by atoms with Crippen molar-refractivity contribution in [2.24, 2.45) is 0 Å². The Bertz CT molecular complexity index is 313. The van der Waals surface area contributed by atoms with E-state index in [0.29, 0.717) is 0 Å². The number of rotatable bonds is 4. The summed E-state index contributed by atoms with van der Waals surface area (Å²) in [6.07, 6.45) is 3.76. The average molecular weight is 190 g/mol. The van der Waals surface area contributed by atoms with Gasteiger partial charge in [-0.05, 0) is 49.3 Å². The smallest absolute Gasteiger partial charge is 0.123 e.